The molecule has 0 saturated heterocycles. The fraction of sp³-hybridized carbons (Fsp3) is 0.333. The number of hydrogen-bond donors (Lipinski definition) is 2. The SMILES string of the molecule is Cc1ccc(C(O)(CC(=O)OCC(=O)Nc2ccc(Cl)c(C(F)(F)F)c2)C(F)(F)F)o1. The third-order valence-electron chi connectivity index (χ3n) is 3.94. The standard InChI is InChI=1S/C18H14ClF6NO5/c1-9-2-5-13(31-9)16(29,18(23,24)25)7-15(28)30-8-14(27)26-10-3-4-12(19)11(6-10)17(20,21)22/h2-6,29H,7-8H2,1H3,(H,26,27). The quantitative estimate of drug-likeness (QED) is 0.473. The molecule has 2 rings (SSSR count). The van der Waals surface area contributed by atoms with Gasteiger partial charge in [-0.3, -0.25) is 9.59 Å². The molecule has 0 aliphatic heterocycles. The Labute approximate surface area is 175 Å². The van der Waals surface area contributed by atoms with Crippen LogP contribution in [0.5, 0.6) is 0 Å². The lowest BCUT2D eigenvalue weighted by molar-refractivity contribution is -0.275. The molecule has 1 heterocycles. The number of anilines is 1. The van der Waals surface area contributed by atoms with Crippen molar-refractivity contribution in [1.29, 1.82) is 0 Å². The molecule has 0 saturated carbocycles. The molecular formula is C18H14ClF6NO5. The van der Waals surface area contributed by atoms with E-state index in [2.05, 4.69) is 4.74 Å². The van der Waals surface area contributed by atoms with Gasteiger partial charge in [0.05, 0.1) is 17.0 Å². The molecular weight excluding hydrogens is 460 g/mol. The van der Waals surface area contributed by atoms with Crippen LogP contribution in [-0.2, 0) is 26.1 Å². The Morgan fingerprint density at radius 1 is 1.13 bits per heavy atom. The van der Waals surface area contributed by atoms with Crippen molar-refractivity contribution in [3.05, 3.63) is 52.4 Å². The van der Waals surface area contributed by atoms with Crippen LogP contribution in [0.1, 0.15) is 23.5 Å². The van der Waals surface area contributed by atoms with Crippen LogP contribution < -0.4 is 5.32 Å². The van der Waals surface area contributed by atoms with E-state index in [0.717, 1.165) is 24.3 Å². The van der Waals surface area contributed by atoms with E-state index >= 15 is 0 Å². The zero-order chi connectivity index (χ0) is 23.6. The highest BCUT2D eigenvalue weighted by Crippen LogP contribution is 2.42. The summed E-state index contributed by atoms with van der Waals surface area (Å²) in [5.74, 6) is -3.63. The number of carbonyl (C=O) groups excluding carboxylic acids is 2. The largest absolute Gasteiger partial charge is 0.463 e. The van der Waals surface area contributed by atoms with Gasteiger partial charge in [-0.2, -0.15) is 26.3 Å². The lowest BCUT2D eigenvalue weighted by atomic mass is 9.96. The van der Waals surface area contributed by atoms with E-state index in [0.29, 0.717) is 6.07 Å². The first kappa shape index (κ1) is 24.5. The maximum absolute atomic E-state index is 13.3. The Bertz CT molecular complexity index is 971. The van der Waals surface area contributed by atoms with Gasteiger partial charge in [-0.15, -0.1) is 0 Å². The Kier molecular flexibility index (Phi) is 6.96. The number of esters is 1. The van der Waals surface area contributed by atoms with Crippen LogP contribution in [0.2, 0.25) is 5.02 Å². The van der Waals surface area contributed by atoms with Crippen molar-refractivity contribution >= 4 is 29.2 Å². The molecule has 2 N–H and O–H groups in total. The van der Waals surface area contributed by atoms with Crippen molar-refractivity contribution in [3.63, 3.8) is 0 Å². The molecule has 13 heteroatoms. The van der Waals surface area contributed by atoms with Crippen molar-refractivity contribution in [1.82, 2.24) is 0 Å². The number of furan rings is 1. The molecule has 6 nitrogen and oxygen atoms in total. The number of hydrogen-bond acceptors (Lipinski definition) is 5. The third kappa shape index (κ3) is 5.91. The summed E-state index contributed by atoms with van der Waals surface area (Å²) < 4.78 is 87.6. The van der Waals surface area contributed by atoms with Crippen molar-refractivity contribution in [3.8, 4) is 0 Å². The van der Waals surface area contributed by atoms with Gasteiger partial charge in [-0.05, 0) is 37.3 Å². The van der Waals surface area contributed by atoms with E-state index in [-0.39, 0.29) is 11.4 Å². The summed E-state index contributed by atoms with van der Waals surface area (Å²) in [4.78, 5) is 23.6. The maximum atomic E-state index is 13.3. The molecule has 0 aliphatic carbocycles. The summed E-state index contributed by atoms with van der Waals surface area (Å²) in [7, 11) is 0. The predicted molar refractivity (Wildman–Crippen MR) is 94.1 cm³/mol. The number of rotatable bonds is 6. The topological polar surface area (TPSA) is 88.8 Å². The molecule has 170 valence electrons. The first-order valence-electron chi connectivity index (χ1n) is 8.32. The number of ether oxygens (including phenoxy) is 1. The second kappa shape index (κ2) is 8.79. The summed E-state index contributed by atoms with van der Waals surface area (Å²) >= 11 is 5.45. The summed E-state index contributed by atoms with van der Waals surface area (Å²) in [5, 5.41) is 11.4. The van der Waals surface area contributed by atoms with Gasteiger partial charge in [0.2, 0.25) is 5.60 Å². The van der Waals surface area contributed by atoms with Crippen LogP contribution in [0, 0.1) is 6.92 Å². The highest BCUT2D eigenvalue weighted by Gasteiger charge is 2.58. The lowest BCUT2D eigenvalue weighted by Crippen LogP contribution is -2.44. The number of alkyl halides is 6. The second-order valence-electron chi connectivity index (χ2n) is 6.35. The van der Waals surface area contributed by atoms with E-state index in [4.69, 9.17) is 16.0 Å². The molecule has 1 unspecified atom stereocenters. The average molecular weight is 474 g/mol. The molecule has 1 aromatic carbocycles. The van der Waals surface area contributed by atoms with Crippen LogP contribution in [-0.4, -0.2) is 29.8 Å². The van der Waals surface area contributed by atoms with Crippen LogP contribution in [0.4, 0.5) is 32.0 Å². The molecule has 1 atom stereocenters. The summed E-state index contributed by atoms with van der Waals surface area (Å²) in [6.07, 6.45) is -11.7. The normalized spacial score (nSPS) is 14.1. The molecule has 0 spiro atoms. The number of carbonyl (C=O) groups is 2. The number of nitrogens with one attached hydrogen (secondary N) is 1. The first-order valence-corrected chi connectivity index (χ1v) is 8.69. The van der Waals surface area contributed by atoms with Gasteiger partial charge in [0.15, 0.2) is 6.61 Å². The monoisotopic (exact) mass is 473 g/mol. The van der Waals surface area contributed by atoms with Crippen LogP contribution >= 0.6 is 11.6 Å². The molecule has 0 radical (unpaired) electrons. The van der Waals surface area contributed by atoms with Gasteiger partial charge >= 0.3 is 18.3 Å². The smallest absolute Gasteiger partial charge is 0.425 e. The Balaban J connectivity index is 2.03. The second-order valence-corrected chi connectivity index (χ2v) is 6.75. The third-order valence-corrected chi connectivity index (χ3v) is 4.27. The molecule has 2 aromatic rings. The van der Waals surface area contributed by atoms with Gasteiger partial charge in [0.25, 0.3) is 5.91 Å². The summed E-state index contributed by atoms with van der Waals surface area (Å²) in [6, 6.07) is 4.43. The predicted octanol–water partition coefficient (Wildman–Crippen LogP) is 4.58. The van der Waals surface area contributed by atoms with E-state index in [1.165, 1.54) is 6.92 Å². The minimum Gasteiger partial charge on any atom is -0.463 e. The number of amides is 1. The summed E-state index contributed by atoms with van der Waals surface area (Å²) in [6.45, 7) is 0.206. The van der Waals surface area contributed by atoms with Crippen molar-refractivity contribution in [2.75, 3.05) is 11.9 Å². The minimum absolute atomic E-state index is 0.0478. The zero-order valence-electron chi connectivity index (χ0n) is 15.5. The number of aryl methyl sites for hydroxylation is 1. The fourth-order valence-electron chi connectivity index (χ4n) is 2.41. The highest BCUT2D eigenvalue weighted by atomic mass is 35.5. The Morgan fingerprint density at radius 3 is 2.29 bits per heavy atom. The lowest BCUT2D eigenvalue weighted by Gasteiger charge is -2.27. The number of benzene rings is 1. The Morgan fingerprint density at radius 2 is 1.77 bits per heavy atom. The van der Waals surface area contributed by atoms with Crippen LogP contribution in [0.25, 0.3) is 0 Å². The van der Waals surface area contributed by atoms with E-state index in [1.807, 2.05) is 5.32 Å². The molecule has 0 fully saturated rings. The van der Waals surface area contributed by atoms with Crippen molar-refractivity contribution in [2.24, 2.45) is 0 Å². The van der Waals surface area contributed by atoms with E-state index < -0.39 is 59.2 Å². The molecule has 0 bridgehead atoms. The zero-order valence-corrected chi connectivity index (χ0v) is 16.3. The summed E-state index contributed by atoms with van der Waals surface area (Å²) in [5.41, 5.74) is -5.27. The molecule has 1 amide bonds. The molecule has 0 aliphatic rings. The number of halogens is 7. The maximum Gasteiger partial charge on any atom is 0.425 e. The fourth-order valence-corrected chi connectivity index (χ4v) is 2.63. The Hall–Kier alpha value is -2.73. The van der Waals surface area contributed by atoms with Gasteiger partial charge in [0.1, 0.15) is 11.5 Å². The van der Waals surface area contributed by atoms with Crippen molar-refractivity contribution < 1.29 is 50.2 Å². The van der Waals surface area contributed by atoms with Crippen LogP contribution in [0.3, 0.4) is 0 Å². The highest BCUT2D eigenvalue weighted by molar-refractivity contribution is 6.31. The average Bonchev–Trinajstić information content (AvgIpc) is 3.06. The van der Waals surface area contributed by atoms with Gasteiger partial charge < -0.3 is 19.6 Å². The molecule has 1 aromatic heterocycles. The van der Waals surface area contributed by atoms with E-state index in [9.17, 15) is 41.0 Å². The first-order chi connectivity index (χ1) is 14.1. The van der Waals surface area contributed by atoms with Gasteiger partial charge in [-0.1, -0.05) is 11.6 Å². The van der Waals surface area contributed by atoms with Gasteiger partial charge in [0, 0.05) is 5.69 Å². The number of aliphatic hydroxyl groups is 1. The van der Waals surface area contributed by atoms with Crippen LogP contribution in [0.15, 0.2) is 34.7 Å². The molecule has 31 heavy (non-hydrogen) atoms. The minimum atomic E-state index is -5.31. The van der Waals surface area contributed by atoms with Gasteiger partial charge in [-0.25, -0.2) is 0 Å². The van der Waals surface area contributed by atoms with E-state index in [1.54, 1.807) is 0 Å². The van der Waals surface area contributed by atoms with Crippen molar-refractivity contribution in [2.45, 2.75) is 31.3 Å².